The van der Waals surface area contributed by atoms with Crippen LogP contribution in [0.25, 0.3) is 0 Å². The van der Waals surface area contributed by atoms with E-state index in [0.29, 0.717) is 5.03 Å². The Balaban J connectivity index is 2.82. The van der Waals surface area contributed by atoms with Gasteiger partial charge < -0.3 is 15.2 Å². The van der Waals surface area contributed by atoms with E-state index < -0.39 is 17.8 Å². The lowest BCUT2D eigenvalue weighted by Crippen LogP contribution is -2.23. The highest BCUT2D eigenvalue weighted by Crippen LogP contribution is 2.37. The number of aliphatic carboxylic acids is 1. The van der Waals surface area contributed by atoms with E-state index in [0.717, 1.165) is 32.1 Å². The fourth-order valence-corrected chi connectivity index (χ4v) is 3.47. The van der Waals surface area contributed by atoms with Crippen LogP contribution in [0.1, 0.15) is 51.9 Å². The van der Waals surface area contributed by atoms with E-state index in [2.05, 4.69) is 17.0 Å². The average molecular weight is 341 g/mol. The number of carboxylic acids is 1. The zero-order valence-corrected chi connectivity index (χ0v) is 14.3. The van der Waals surface area contributed by atoms with E-state index in [9.17, 15) is 14.4 Å². The normalized spacial score (nSPS) is 15.3. The Morgan fingerprint density at radius 3 is 2.57 bits per heavy atom. The van der Waals surface area contributed by atoms with Gasteiger partial charge >= 0.3 is 11.9 Å². The average Bonchev–Trinajstić information content (AvgIpc) is 2.53. The Kier molecular flexibility index (Phi) is 8.47. The maximum absolute atomic E-state index is 11.8. The SMILES string of the molecule is CCC1=C(S/C(=C/C(=O)OC)NC(=O)CCC(=O)O)CCCC1. The molecule has 0 unspecified atom stereocenters. The summed E-state index contributed by atoms with van der Waals surface area (Å²) in [5.41, 5.74) is 1.34. The number of methoxy groups -OCH3 is 1. The third-order valence-electron chi connectivity index (χ3n) is 3.47. The molecule has 0 bridgehead atoms. The quantitative estimate of drug-likeness (QED) is 0.521. The predicted octanol–water partition coefficient (Wildman–Crippen LogP) is 2.95. The lowest BCUT2D eigenvalue weighted by molar-refractivity contribution is -0.138. The minimum Gasteiger partial charge on any atom is -0.481 e. The highest BCUT2D eigenvalue weighted by atomic mass is 32.2. The van der Waals surface area contributed by atoms with Crippen molar-refractivity contribution in [2.75, 3.05) is 7.11 Å². The summed E-state index contributed by atoms with van der Waals surface area (Å²) in [7, 11) is 1.27. The highest BCUT2D eigenvalue weighted by Gasteiger charge is 2.16. The molecule has 0 saturated carbocycles. The van der Waals surface area contributed by atoms with Crippen molar-refractivity contribution < 1.29 is 24.2 Å². The second-order valence-corrected chi connectivity index (χ2v) is 6.30. The number of hydrogen-bond acceptors (Lipinski definition) is 5. The first-order valence-corrected chi connectivity index (χ1v) is 8.48. The summed E-state index contributed by atoms with van der Waals surface area (Å²) in [5.74, 6) is -2.01. The van der Waals surface area contributed by atoms with Gasteiger partial charge in [-0.1, -0.05) is 24.3 Å². The van der Waals surface area contributed by atoms with Gasteiger partial charge in [-0.15, -0.1) is 0 Å². The molecule has 0 heterocycles. The maximum atomic E-state index is 11.8. The number of thioether (sulfide) groups is 1. The lowest BCUT2D eigenvalue weighted by Gasteiger charge is -2.20. The number of esters is 1. The van der Waals surface area contributed by atoms with Crippen molar-refractivity contribution in [1.29, 1.82) is 0 Å². The molecule has 0 aromatic rings. The van der Waals surface area contributed by atoms with Gasteiger partial charge in [0, 0.05) is 6.42 Å². The summed E-state index contributed by atoms with van der Waals surface area (Å²) in [6.45, 7) is 2.09. The Bertz CT molecular complexity index is 525. The van der Waals surface area contributed by atoms with E-state index in [4.69, 9.17) is 5.11 Å². The maximum Gasteiger partial charge on any atom is 0.333 e. The molecule has 0 saturated heterocycles. The first kappa shape index (κ1) is 19.3. The van der Waals surface area contributed by atoms with Crippen LogP contribution < -0.4 is 5.32 Å². The smallest absolute Gasteiger partial charge is 0.333 e. The Hall–Kier alpha value is -1.76. The van der Waals surface area contributed by atoms with Gasteiger partial charge in [0.25, 0.3) is 0 Å². The van der Waals surface area contributed by atoms with Crippen LogP contribution in [0.2, 0.25) is 0 Å². The molecule has 1 rings (SSSR count). The number of carboxylic acid groups (broad SMARTS) is 1. The fraction of sp³-hybridized carbons (Fsp3) is 0.562. The minimum atomic E-state index is -1.03. The van der Waals surface area contributed by atoms with E-state index in [1.165, 1.54) is 35.4 Å². The molecule has 0 aromatic heterocycles. The molecule has 1 aliphatic carbocycles. The molecule has 23 heavy (non-hydrogen) atoms. The van der Waals surface area contributed by atoms with Gasteiger partial charge in [0.2, 0.25) is 5.91 Å². The molecule has 0 aliphatic heterocycles. The summed E-state index contributed by atoms with van der Waals surface area (Å²) in [5, 5.41) is 11.6. The molecular weight excluding hydrogens is 318 g/mol. The van der Waals surface area contributed by atoms with Crippen LogP contribution in [0.3, 0.4) is 0 Å². The van der Waals surface area contributed by atoms with Crippen molar-refractivity contribution in [3.63, 3.8) is 0 Å². The molecule has 0 aromatic carbocycles. The molecule has 0 fully saturated rings. The number of amides is 1. The van der Waals surface area contributed by atoms with Crippen molar-refractivity contribution in [2.24, 2.45) is 0 Å². The number of carbonyl (C=O) groups is 3. The van der Waals surface area contributed by atoms with Gasteiger partial charge in [-0.05, 0) is 37.0 Å². The first-order chi connectivity index (χ1) is 11.0. The van der Waals surface area contributed by atoms with Gasteiger partial charge in [-0.2, -0.15) is 0 Å². The van der Waals surface area contributed by atoms with Crippen molar-refractivity contribution in [2.45, 2.75) is 51.9 Å². The molecule has 1 amide bonds. The van der Waals surface area contributed by atoms with Crippen LogP contribution in [-0.4, -0.2) is 30.1 Å². The Morgan fingerprint density at radius 1 is 1.26 bits per heavy atom. The van der Waals surface area contributed by atoms with Gasteiger partial charge in [0.15, 0.2) is 0 Å². The van der Waals surface area contributed by atoms with E-state index in [-0.39, 0.29) is 12.8 Å². The zero-order valence-electron chi connectivity index (χ0n) is 13.5. The monoisotopic (exact) mass is 341 g/mol. The molecule has 0 spiro atoms. The number of rotatable bonds is 8. The second-order valence-electron chi connectivity index (χ2n) is 5.16. The zero-order chi connectivity index (χ0) is 17.2. The number of ether oxygens (including phenoxy) is 1. The summed E-state index contributed by atoms with van der Waals surface area (Å²) in [4.78, 5) is 35.0. The number of carbonyl (C=O) groups excluding carboxylic acids is 2. The highest BCUT2D eigenvalue weighted by molar-refractivity contribution is 8.06. The molecule has 128 valence electrons. The van der Waals surface area contributed by atoms with E-state index >= 15 is 0 Å². The summed E-state index contributed by atoms with van der Waals surface area (Å²) in [6.07, 6.45) is 6.02. The molecule has 0 radical (unpaired) electrons. The molecule has 2 N–H and O–H groups in total. The number of nitrogens with one attached hydrogen (secondary N) is 1. The van der Waals surface area contributed by atoms with Crippen LogP contribution >= 0.6 is 11.8 Å². The van der Waals surface area contributed by atoms with Crippen molar-refractivity contribution in [3.8, 4) is 0 Å². The van der Waals surface area contributed by atoms with Crippen molar-refractivity contribution in [3.05, 3.63) is 21.6 Å². The molecule has 7 heteroatoms. The topological polar surface area (TPSA) is 92.7 Å². The fourth-order valence-electron chi connectivity index (χ4n) is 2.25. The predicted molar refractivity (Wildman–Crippen MR) is 88.5 cm³/mol. The second kappa shape index (κ2) is 10.1. The number of hydrogen-bond donors (Lipinski definition) is 2. The summed E-state index contributed by atoms with van der Waals surface area (Å²) in [6, 6.07) is 0. The first-order valence-electron chi connectivity index (χ1n) is 7.66. The van der Waals surface area contributed by atoms with Gasteiger partial charge in [-0.3, -0.25) is 9.59 Å². The molecular formula is C16H23NO5S. The third kappa shape index (κ3) is 7.36. The Labute approximate surface area is 140 Å². The van der Waals surface area contributed by atoms with Crippen LogP contribution in [0, 0.1) is 0 Å². The van der Waals surface area contributed by atoms with Gasteiger partial charge in [-0.25, -0.2) is 4.79 Å². The van der Waals surface area contributed by atoms with Crippen LogP contribution in [0.5, 0.6) is 0 Å². The van der Waals surface area contributed by atoms with Crippen LogP contribution in [0.4, 0.5) is 0 Å². The largest absolute Gasteiger partial charge is 0.481 e. The standard InChI is InChI=1S/C16H23NO5S/c1-3-11-6-4-5-7-12(11)23-14(10-16(21)22-2)17-13(18)8-9-15(19)20/h10H,3-9H2,1-2H3,(H,17,18)(H,19,20)/b14-10+. The van der Waals surface area contributed by atoms with E-state index in [1.807, 2.05) is 0 Å². The van der Waals surface area contributed by atoms with Gasteiger partial charge in [0.05, 0.1) is 24.6 Å². The van der Waals surface area contributed by atoms with Crippen molar-refractivity contribution >= 4 is 29.6 Å². The van der Waals surface area contributed by atoms with Crippen LogP contribution in [-0.2, 0) is 19.1 Å². The van der Waals surface area contributed by atoms with Gasteiger partial charge in [0.1, 0.15) is 0 Å². The minimum absolute atomic E-state index is 0.131. The molecule has 1 aliphatic rings. The van der Waals surface area contributed by atoms with E-state index in [1.54, 1.807) is 0 Å². The summed E-state index contributed by atoms with van der Waals surface area (Å²) >= 11 is 1.37. The Morgan fingerprint density at radius 2 is 1.96 bits per heavy atom. The van der Waals surface area contributed by atoms with Crippen molar-refractivity contribution in [1.82, 2.24) is 5.32 Å². The van der Waals surface area contributed by atoms with Crippen LogP contribution in [0.15, 0.2) is 21.6 Å². The molecule has 0 atom stereocenters. The third-order valence-corrected chi connectivity index (χ3v) is 4.64. The lowest BCUT2D eigenvalue weighted by atomic mass is 9.98. The number of allylic oxidation sites excluding steroid dienone is 2. The summed E-state index contributed by atoms with van der Waals surface area (Å²) < 4.78 is 4.61. The molecule has 6 nitrogen and oxygen atoms in total.